The quantitative estimate of drug-likeness (QED) is 0.766. The molecule has 1 rings (SSSR count). The topological polar surface area (TPSA) is 39.1 Å². The summed E-state index contributed by atoms with van der Waals surface area (Å²) in [7, 11) is 1.74. The van der Waals surface area contributed by atoms with E-state index in [0.717, 1.165) is 18.8 Å². The van der Waals surface area contributed by atoms with Gasteiger partial charge in [-0.05, 0) is 0 Å². The van der Waals surface area contributed by atoms with E-state index < -0.39 is 0 Å². The van der Waals surface area contributed by atoms with Crippen LogP contribution in [0, 0.1) is 0 Å². The third-order valence-electron chi connectivity index (χ3n) is 2.58. The molecule has 92 valence electrons. The number of ether oxygens (including phenoxy) is 1. The largest absolute Gasteiger partial charge is 0.382 e. The summed E-state index contributed by atoms with van der Waals surface area (Å²) in [6.45, 7) is 8.05. The minimum Gasteiger partial charge on any atom is -0.382 e. The summed E-state index contributed by atoms with van der Waals surface area (Å²) in [4.78, 5) is 4.34. The zero-order valence-corrected chi connectivity index (χ0v) is 10.7. The fourth-order valence-corrected chi connectivity index (χ4v) is 1.75. The molecule has 0 radical (unpaired) electrons. The van der Waals surface area contributed by atoms with Crippen LogP contribution in [0.5, 0.6) is 0 Å². The van der Waals surface area contributed by atoms with Crippen molar-refractivity contribution in [1.29, 1.82) is 0 Å². The molecule has 1 atom stereocenters. The van der Waals surface area contributed by atoms with Gasteiger partial charge in [0.1, 0.15) is 5.82 Å². The molecule has 0 aliphatic rings. The molecule has 0 spiro atoms. The molecule has 0 fully saturated rings. The molecule has 1 aromatic rings. The highest BCUT2D eigenvalue weighted by Crippen LogP contribution is 2.10. The molecule has 1 heterocycles. The number of imidazole rings is 1. The van der Waals surface area contributed by atoms with Crippen LogP contribution in [0.25, 0.3) is 0 Å². The van der Waals surface area contributed by atoms with Gasteiger partial charge in [0.25, 0.3) is 0 Å². The minimum absolute atomic E-state index is 0.324. The van der Waals surface area contributed by atoms with Crippen LogP contribution in [0.15, 0.2) is 12.4 Å². The Balaban J connectivity index is 2.68. The number of rotatable bonds is 7. The molecule has 1 unspecified atom stereocenters. The van der Waals surface area contributed by atoms with Crippen molar-refractivity contribution in [1.82, 2.24) is 14.9 Å². The molecular formula is C12H23N3O. The summed E-state index contributed by atoms with van der Waals surface area (Å²) in [5.41, 5.74) is 0. The summed E-state index contributed by atoms with van der Waals surface area (Å²) in [6.07, 6.45) is 4.84. The van der Waals surface area contributed by atoms with Gasteiger partial charge < -0.3 is 14.6 Å². The molecule has 0 aliphatic heterocycles. The first-order valence-electron chi connectivity index (χ1n) is 5.93. The molecule has 0 saturated heterocycles. The highest BCUT2D eigenvalue weighted by Gasteiger charge is 2.13. The number of aryl methyl sites for hydroxylation is 1. The Bertz CT molecular complexity index is 296. The van der Waals surface area contributed by atoms with Crippen LogP contribution < -0.4 is 5.32 Å². The predicted molar refractivity (Wildman–Crippen MR) is 65.7 cm³/mol. The summed E-state index contributed by atoms with van der Waals surface area (Å²) < 4.78 is 7.48. The molecule has 4 heteroatoms. The van der Waals surface area contributed by atoms with Crippen LogP contribution in [-0.4, -0.2) is 35.9 Å². The Morgan fingerprint density at radius 1 is 1.50 bits per heavy atom. The zero-order chi connectivity index (χ0) is 12.0. The second-order valence-electron chi connectivity index (χ2n) is 4.28. The molecule has 1 aromatic heterocycles. The smallest absolute Gasteiger partial charge is 0.108 e. The first-order chi connectivity index (χ1) is 7.69. The molecule has 0 bridgehead atoms. The summed E-state index contributed by atoms with van der Waals surface area (Å²) in [5, 5.41) is 3.44. The van der Waals surface area contributed by atoms with Crippen molar-refractivity contribution >= 4 is 0 Å². The van der Waals surface area contributed by atoms with Crippen molar-refractivity contribution < 1.29 is 4.74 Å². The monoisotopic (exact) mass is 225 g/mol. The van der Waals surface area contributed by atoms with Crippen molar-refractivity contribution in [2.75, 3.05) is 20.3 Å². The van der Waals surface area contributed by atoms with E-state index in [2.05, 4.69) is 35.6 Å². The van der Waals surface area contributed by atoms with E-state index in [1.807, 2.05) is 12.4 Å². The van der Waals surface area contributed by atoms with Gasteiger partial charge in [-0.2, -0.15) is 0 Å². The van der Waals surface area contributed by atoms with Crippen LogP contribution in [0.1, 0.15) is 32.6 Å². The molecular weight excluding hydrogens is 202 g/mol. The van der Waals surface area contributed by atoms with Gasteiger partial charge in [-0.15, -0.1) is 0 Å². The number of hydrogen-bond donors (Lipinski definition) is 1. The standard InChI is InChI=1S/C12H23N3O/c1-5-12-13-6-7-15(12)11(9-16-4)8-14-10(2)3/h6-7,10-11,14H,5,8-9H2,1-4H3. The van der Waals surface area contributed by atoms with E-state index in [4.69, 9.17) is 4.74 Å². The van der Waals surface area contributed by atoms with Gasteiger partial charge in [-0.3, -0.25) is 0 Å². The maximum absolute atomic E-state index is 5.27. The average Bonchev–Trinajstić information content (AvgIpc) is 2.71. The van der Waals surface area contributed by atoms with Gasteiger partial charge in [-0.1, -0.05) is 20.8 Å². The molecule has 0 aromatic carbocycles. The van der Waals surface area contributed by atoms with Crippen molar-refractivity contribution in [3.8, 4) is 0 Å². The number of nitrogens with one attached hydrogen (secondary N) is 1. The lowest BCUT2D eigenvalue weighted by molar-refractivity contribution is 0.151. The summed E-state index contributed by atoms with van der Waals surface area (Å²) in [6, 6.07) is 0.817. The van der Waals surface area contributed by atoms with Gasteiger partial charge in [0.15, 0.2) is 0 Å². The van der Waals surface area contributed by atoms with E-state index in [-0.39, 0.29) is 0 Å². The third-order valence-corrected chi connectivity index (χ3v) is 2.58. The van der Waals surface area contributed by atoms with E-state index in [1.54, 1.807) is 7.11 Å². The normalized spacial score (nSPS) is 13.3. The number of methoxy groups -OCH3 is 1. The van der Waals surface area contributed by atoms with E-state index in [9.17, 15) is 0 Å². The molecule has 16 heavy (non-hydrogen) atoms. The van der Waals surface area contributed by atoms with Crippen LogP contribution in [0.4, 0.5) is 0 Å². The molecule has 0 saturated carbocycles. The van der Waals surface area contributed by atoms with Crippen molar-refractivity contribution in [3.63, 3.8) is 0 Å². The predicted octanol–water partition coefficient (Wildman–Crippen LogP) is 1.63. The number of aromatic nitrogens is 2. The maximum atomic E-state index is 5.27. The Morgan fingerprint density at radius 3 is 2.81 bits per heavy atom. The summed E-state index contributed by atoms with van der Waals surface area (Å²) in [5.74, 6) is 1.12. The van der Waals surface area contributed by atoms with E-state index >= 15 is 0 Å². The fraction of sp³-hybridized carbons (Fsp3) is 0.750. The third kappa shape index (κ3) is 3.61. The Labute approximate surface area is 98.0 Å². The summed E-state index contributed by atoms with van der Waals surface area (Å²) >= 11 is 0. The lowest BCUT2D eigenvalue weighted by Crippen LogP contribution is -2.33. The maximum Gasteiger partial charge on any atom is 0.108 e. The number of hydrogen-bond acceptors (Lipinski definition) is 3. The average molecular weight is 225 g/mol. The highest BCUT2D eigenvalue weighted by atomic mass is 16.5. The molecule has 1 N–H and O–H groups in total. The second-order valence-corrected chi connectivity index (χ2v) is 4.28. The van der Waals surface area contributed by atoms with Gasteiger partial charge in [0.2, 0.25) is 0 Å². The van der Waals surface area contributed by atoms with Gasteiger partial charge >= 0.3 is 0 Å². The van der Waals surface area contributed by atoms with Crippen LogP contribution in [0.2, 0.25) is 0 Å². The SMILES string of the molecule is CCc1nccn1C(CNC(C)C)COC. The lowest BCUT2D eigenvalue weighted by atomic mass is 10.2. The Morgan fingerprint density at radius 2 is 2.25 bits per heavy atom. The van der Waals surface area contributed by atoms with Crippen LogP contribution in [0.3, 0.4) is 0 Å². The van der Waals surface area contributed by atoms with Gasteiger partial charge in [-0.25, -0.2) is 4.98 Å². The Hall–Kier alpha value is -0.870. The fourth-order valence-electron chi connectivity index (χ4n) is 1.75. The van der Waals surface area contributed by atoms with Crippen molar-refractivity contribution in [3.05, 3.63) is 18.2 Å². The van der Waals surface area contributed by atoms with Gasteiger partial charge in [0.05, 0.1) is 12.6 Å². The second kappa shape index (κ2) is 6.66. The van der Waals surface area contributed by atoms with E-state index in [0.29, 0.717) is 18.7 Å². The van der Waals surface area contributed by atoms with Crippen LogP contribution >= 0.6 is 0 Å². The lowest BCUT2D eigenvalue weighted by Gasteiger charge is -2.21. The molecule has 0 amide bonds. The van der Waals surface area contributed by atoms with Crippen molar-refractivity contribution in [2.24, 2.45) is 0 Å². The molecule has 4 nitrogen and oxygen atoms in total. The van der Waals surface area contributed by atoms with E-state index in [1.165, 1.54) is 0 Å². The first-order valence-corrected chi connectivity index (χ1v) is 5.93. The first kappa shape index (κ1) is 13.2. The minimum atomic E-state index is 0.324. The molecule has 0 aliphatic carbocycles. The number of nitrogens with zero attached hydrogens (tertiary/aromatic N) is 2. The van der Waals surface area contributed by atoms with Gasteiger partial charge in [0, 0.05) is 38.5 Å². The van der Waals surface area contributed by atoms with Crippen molar-refractivity contribution in [2.45, 2.75) is 39.3 Å². The Kier molecular flexibility index (Phi) is 5.49. The zero-order valence-electron chi connectivity index (χ0n) is 10.7. The van der Waals surface area contributed by atoms with Crippen LogP contribution in [-0.2, 0) is 11.2 Å². The highest BCUT2D eigenvalue weighted by molar-refractivity contribution is 4.95.